The minimum absolute atomic E-state index is 0.123. The Morgan fingerprint density at radius 1 is 1.32 bits per heavy atom. The van der Waals surface area contributed by atoms with Crippen LogP contribution in [0.3, 0.4) is 0 Å². The van der Waals surface area contributed by atoms with Crippen LogP contribution in [0.1, 0.15) is 24.8 Å². The zero-order chi connectivity index (χ0) is 20.3. The third-order valence-corrected chi connectivity index (χ3v) is 6.70. The molecule has 0 aliphatic heterocycles. The average Bonchev–Trinajstić information content (AvgIpc) is 3.31. The summed E-state index contributed by atoms with van der Waals surface area (Å²) in [6, 6.07) is 7.57. The second-order valence-corrected chi connectivity index (χ2v) is 9.11. The number of nitrogens with zero attached hydrogens (tertiary/aromatic N) is 5. The number of anilines is 1. The smallest absolute Gasteiger partial charge is 0.272 e. The molecule has 0 saturated heterocycles. The SMILES string of the molecule is CCC(=O)Nc1nnc(S(=O)(=O)N(C)Cc2nc(-c3cccc(C)c3)no2)s1. The fourth-order valence-corrected chi connectivity index (χ4v) is 4.43. The lowest BCUT2D eigenvalue weighted by Crippen LogP contribution is -2.26. The molecule has 148 valence electrons. The Balaban J connectivity index is 1.73. The molecule has 0 aliphatic rings. The summed E-state index contributed by atoms with van der Waals surface area (Å²) in [6.45, 7) is 3.50. The van der Waals surface area contributed by atoms with E-state index in [9.17, 15) is 13.2 Å². The Hall–Kier alpha value is -2.70. The second kappa shape index (κ2) is 8.12. The highest BCUT2D eigenvalue weighted by atomic mass is 32.2. The van der Waals surface area contributed by atoms with E-state index in [2.05, 4.69) is 25.7 Å². The zero-order valence-corrected chi connectivity index (χ0v) is 17.0. The van der Waals surface area contributed by atoms with E-state index in [0.717, 1.165) is 26.8 Å². The standard InChI is InChI=1S/C16H18N6O4S2/c1-4-12(23)17-15-19-20-16(27-15)28(24,25)22(3)9-13-18-14(21-26-13)11-7-5-6-10(2)8-11/h5-8H,4,9H2,1-3H3,(H,17,19,23). The summed E-state index contributed by atoms with van der Waals surface area (Å²) in [4.78, 5) is 15.6. The predicted octanol–water partition coefficient (Wildman–Crippen LogP) is 2.07. The normalized spacial score (nSPS) is 11.7. The summed E-state index contributed by atoms with van der Waals surface area (Å²) >= 11 is 0.776. The van der Waals surface area contributed by atoms with Gasteiger partial charge in [0.2, 0.25) is 27.1 Å². The van der Waals surface area contributed by atoms with Crippen molar-refractivity contribution < 1.29 is 17.7 Å². The molecule has 0 atom stereocenters. The molecule has 3 aromatic rings. The number of sulfonamides is 1. The van der Waals surface area contributed by atoms with E-state index in [1.807, 2.05) is 31.2 Å². The van der Waals surface area contributed by atoms with Gasteiger partial charge in [-0.2, -0.15) is 9.29 Å². The van der Waals surface area contributed by atoms with E-state index in [4.69, 9.17) is 4.52 Å². The lowest BCUT2D eigenvalue weighted by molar-refractivity contribution is -0.115. The Labute approximate surface area is 165 Å². The van der Waals surface area contributed by atoms with Gasteiger partial charge in [0.1, 0.15) is 0 Å². The zero-order valence-electron chi connectivity index (χ0n) is 15.4. The first-order chi connectivity index (χ1) is 13.3. The number of aromatic nitrogens is 4. The highest BCUT2D eigenvalue weighted by Gasteiger charge is 2.27. The van der Waals surface area contributed by atoms with Crippen LogP contribution in [0.4, 0.5) is 5.13 Å². The Kier molecular flexibility index (Phi) is 5.82. The second-order valence-electron chi connectivity index (χ2n) is 5.92. The number of aryl methyl sites for hydroxylation is 1. The Morgan fingerprint density at radius 2 is 2.11 bits per heavy atom. The van der Waals surface area contributed by atoms with Crippen LogP contribution in [-0.2, 0) is 21.4 Å². The van der Waals surface area contributed by atoms with Crippen molar-refractivity contribution in [1.82, 2.24) is 24.6 Å². The van der Waals surface area contributed by atoms with Crippen LogP contribution < -0.4 is 5.32 Å². The first-order valence-corrected chi connectivity index (χ1v) is 10.5. The van der Waals surface area contributed by atoms with Gasteiger partial charge in [0.15, 0.2) is 0 Å². The Morgan fingerprint density at radius 3 is 2.82 bits per heavy atom. The van der Waals surface area contributed by atoms with E-state index in [0.29, 0.717) is 5.82 Å². The number of hydrogen-bond donors (Lipinski definition) is 1. The molecule has 0 bridgehead atoms. The number of rotatable bonds is 7. The van der Waals surface area contributed by atoms with Gasteiger partial charge in [-0.15, -0.1) is 10.2 Å². The van der Waals surface area contributed by atoms with E-state index in [1.165, 1.54) is 7.05 Å². The minimum atomic E-state index is -3.92. The van der Waals surface area contributed by atoms with E-state index in [1.54, 1.807) is 6.92 Å². The first kappa shape index (κ1) is 20.0. The summed E-state index contributed by atoms with van der Waals surface area (Å²) in [5.41, 5.74) is 1.83. The maximum absolute atomic E-state index is 12.7. The van der Waals surface area contributed by atoms with Crippen LogP contribution in [0.15, 0.2) is 33.1 Å². The molecule has 10 nitrogen and oxygen atoms in total. The van der Waals surface area contributed by atoms with Gasteiger partial charge < -0.3 is 9.84 Å². The van der Waals surface area contributed by atoms with Crippen molar-refractivity contribution >= 4 is 32.4 Å². The van der Waals surface area contributed by atoms with Gasteiger partial charge in [-0.05, 0) is 13.0 Å². The van der Waals surface area contributed by atoms with Crippen molar-refractivity contribution in [3.63, 3.8) is 0 Å². The Bertz CT molecular complexity index is 1090. The maximum atomic E-state index is 12.7. The number of nitrogens with one attached hydrogen (secondary N) is 1. The van der Waals surface area contributed by atoms with Crippen LogP contribution in [0, 0.1) is 6.92 Å². The van der Waals surface area contributed by atoms with Crippen molar-refractivity contribution in [1.29, 1.82) is 0 Å². The van der Waals surface area contributed by atoms with E-state index >= 15 is 0 Å². The van der Waals surface area contributed by atoms with Gasteiger partial charge in [0.05, 0.1) is 6.54 Å². The van der Waals surface area contributed by atoms with Crippen molar-refractivity contribution in [2.45, 2.75) is 31.2 Å². The summed E-state index contributed by atoms with van der Waals surface area (Å²) in [5, 5.41) is 13.9. The molecule has 12 heteroatoms. The maximum Gasteiger partial charge on any atom is 0.272 e. The molecule has 2 aromatic heterocycles. The van der Waals surface area contributed by atoms with Gasteiger partial charge in [-0.3, -0.25) is 4.79 Å². The van der Waals surface area contributed by atoms with Crippen molar-refractivity contribution in [3.8, 4) is 11.4 Å². The van der Waals surface area contributed by atoms with Gasteiger partial charge in [-0.1, -0.05) is 47.2 Å². The fraction of sp³-hybridized carbons (Fsp3) is 0.312. The van der Waals surface area contributed by atoms with Gasteiger partial charge in [0.25, 0.3) is 10.0 Å². The number of carbonyl (C=O) groups excluding carboxylic acids is 1. The lowest BCUT2D eigenvalue weighted by atomic mass is 10.1. The molecule has 0 radical (unpaired) electrons. The van der Waals surface area contributed by atoms with Crippen LogP contribution in [-0.4, -0.2) is 46.0 Å². The summed E-state index contributed by atoms with van der Waals surface area (Å²) in [6.07, 6.45) is 0.252. The molecule has 0 saturated carbocycles. The minimum Gasteiger partial charge on any atom is -0.338 e. The highest BCUT2D eigenvalue weighted by Crippen LogP contribution is 2.24. The first-order valence-electron chi connectivity index (χ1n) is 8.29. The molecule has 3 rings (SSSR count). The van der Waals surface area contributed by atoms with Gasteiger partial charge in [0, 0.05) is 19.0 Å². The molecule has 28 heavy (non-hydrogen) atoms. The van der Waals surface area contributed by atoms with Crippen molar-refractivity contribution in [2.24, 2.45) is 0 Å². The molecule has 0 unspecified atom stereocenters. The molecule has 2 heterocycles. The van der Waals surface area contributed by atoms with Crippen LogP contribution in [0.25, 0.3) is 11.4 Å². The monoisotopic (exact) mass is 422 g/mol. The number of carbonyl (C=O) groups is 1. The molecule has 1 aromatic carbocycles. The third kappa shape index (κ3) is 4.40. The molecule has 1 amide bonds. The van der Waals surface area contributed by atoms with E-state index in [-0.39, 0.29) is 34.2 Å². The summed E-state index contributed by atoms with van der Waals surface area (Å²) in [7, 11) is -2.55. The van der Waals surface area contributed by atoms with Gasteiger partial charge in [-0.25, -0.2) is 8.42 Å². The lowest BCUT2D eigenvalue weighted by Gasteiger charge is -2.11. The van der Waals surface area contributed by atoms with Crippen LogP contribution in [0.5, 0.6) is 0 Å². The molecule has 0 aliphatic carbocycles. The highest BCUT2D eigenvalue weighted by molar-refractivity contribution is 7.91. The molecular formula is C16H18N6O4S2. The molecular weight excluding hydrogens is 404 g/mol. The quantitative estimate of drug-likeness (QED) is 0.573. The predicted molar refractivity (Wildman–Crippen MR) is 102 cm³/mol. The van der Waals surface area contributed by atoms with Crippen molar-refractivity contribution in [2.75, 3.05) is 12.4 Å². The molecule has 1 N–H and O–H groups in total. The van der Waals surface area contributed by atoms with Gasteiger partial charge >= 0.3 is 0 Å². The number of amides is 1. The van der Waals surface area contributed by atoms with E-state index < -0.39 is 10.0 Å². The third-order valence-electron chi connectivity index (χ3n) is 3.71. The topological polar surface area (TPSA) is 131 Å². The number of benzene rings is 1. The van der Waals surface area contributed by atoms with Crippen LogP contribution >= 0.6 is 11.3 Å². The number of hydrogen-bond acceptors (Lipinski definition) is 9. The largest absolute Gasteiger partial charge is 0.338 e. The fourth-order valence-electron chi connectivity index (χ4n) is 2.20. The summed E-state index contributed by atoms with van der Waals surface area (Å²) < 4.78 is 31.3. The van der Waals surface area contributed by atoms with Crippen molar-refractivity contribution in [3.05, 3.63) is 35.7 Å². The summed E-state index contributed by atoms with van der Waals surface area (Å²) in [5.74, 6) is 0.250. The molecule has 0 spiro atoms. The average molecular weight is 422 g/mol. The van der Waals surface area contributed by atoms with Crippen LogP contribution in [0.2, 0.25) is 0 Å². The molecule has 0 fully saturated rings.